The second kappa shape index (κ2) is 9.25. The van der Waals surface area contributed by atoms with Crippen molar-refractivity contribution < 1.29 is 4.79 Å². The van der Waals surface area contributed by atoms with Crippen LogP contribution in [0, 0.1) is 0 Å². The first-order valence-electron chi connectivity index (χ1n) is 11.9. The summed E-state index contributed by atoms with van der Waals surface area (Å²) in [5.41, 5.74) is 1.78. The van der Waals surface area contributed by atoms with Crippen LogP contribution in [0.4, 0.5) is 0 Å². The van der Waals surface area contributed by atoms with Gasteiger partial charge in [0.2, 0.25) is 5.91 Å². The summed E-state index contributed by atoms with van der Waals surface area (Å²) in [5, 5.41) is 2.01. The van der Waals surface area contributed by atoms with E-state index in [2.05, 4.69) is 9.88 Å². The molecular weight excluding hydrogens is 408 g/mol. The summed E-state index contributed by atoms with van der Waals surface area (Å²) < 4.78 is 0. The van der Waals surface area contributed by atoms with E-state index in [-0.39, 0.29) is 17.5 Å². The van der Waals surface area contributed by atoms with Crippen LogP contribution in [0.5, 0.6) is 0 Å². The van der Waals surface area contributed by atoms with Crippen molar-refractivity contribution in [3.8, 4) is 0 Å². The van der Waals surface area contributed by atoms with E-state index in [0.717, 1.165) is 54.9 Å². The maximum atomic E-state index is 13.1. The number of carbonyl (C=O) groups is 1. The number of fused-ring (bicyclic) bond motifs is 1. The van der Waals surface area contributed by atoms with E-state index in [1.165, 1.54) is 32.1 Å². The van der Waals surface area contributed by atoms with Crippen molar-refractivity contribution >= 4 is 17.2 Å². The van der Waals surface area contributed by atoms with Crippen LogP contribution in [0.3, 0.4) is 0 Å². The molecule has 1 saturated heterocycles. The fourth-order valence-corrected chi connectivity index (χ4v) is 6.25. The summed E-state index contributed by atoms with van der Waals surface area (Å²) in [6.07, 6.45) is 10.7. The highest BCUT2D eigenvalue weighted by Gasteiger charge is 2.32. The van der Waals surface area contributed by atoms with Gasteiger partial charge in [0.15, 0.2) is 0 Å². The van der Waals surface area contributed by atoms with Crippen LogP contribution >= 0.6 is 11.3 Å². The van der Waals surface area contributed by atoms with E-state index in [1.807, 2.05) is 22.4 Å². The molecule has 5 rings (SSSR count). The Hall–Kier alpha value is -1.99. The van der Waals surface area contributed by atoms with Crippen molar-refractivity contribution in [1.29, 1.82) is 0 Å². The third kappa shape index (κ3) is 4.48. The maximum Gasteiger partial charge on any atom is 0.255 e. The summed E-state index contributed by atoms with van der Waals surface area (Å²) in [4.78, 5) is 39.7. The molecule has 2 aliphatic heterocycles. The van der Waals surface area contributed by atoms with E-state index < -0.39 is 0 Å². The Morgan fingerprint density at radius 3 is 2.77 bits per heavy atom. The molecule has 7 heteroatoms. The first-order valence-corrected chi connectivity index (χ1v) is 12.7. The number of rotatable bonds is 4. The van der Waals surface area contributed by atoms with Gasteiger partial charge in [-0.25, -0.2) is 4.98 Å². The van der Waals surface area contributed by atoms with Crippen molar-refractivity contribution in [2.45, 2.75) is 82.8 Å². The lowest BCUT2D eigenvalue weighted by Crippen LogP contribution is -2.44. The molecule has 0 radical (unpaired) electrons. The van der Waals surface area contributed by atoms with Crippen molar-refractivity contribution in [1.82, 2.24) is 19.8 Å². The molecule has 6 nitrogen and oxygen atoms in total. The standard InChI is InChI=1S/C24H32N4O2S/c29-22(15-18-9-6-14-31-18)28-12-5-4-10-21(28)23-25-20-11-13-27(16-19(20)24(30)26-23)17-7-2-1-3-8-17/h6,9,14,17,21H,1-5,7-8,10-13,15-16H2,(H,25,26,30)/t21-/m1/s1. The molecule has 1 amide bonds. The molecule has 1 aliphatic carbocycles. The van der Waals surface area contributed by atoms with Gasteiger partial charge in [-0.15, -0.1) is 11.3 Å². The van der Waals surface area contributed by atoms with Crippen LogP contribution in [0.25, 0.3) is 0 Å². The van der Waals surface area contributed by atoms with Gasteiger partial charge in [-0.3, -0.25) is 14.5 Å². The largest absolute Gasteiger partial charge is 0.332 e. The highest BCUT2D eigenvalue weighted by atomic mass is 32.1. The van der Waals surface area contributed by atoms with Gasteiger partial charge >= 0.3 is 0 Å². The number of nitrogens with one attached hydrogen (secondary N) is 1. The lowest BCUT2D eigenvalue weighted by atomic mass is 9.92. The number of piperidine rings is 1. The summed E-state index contributed by atoms with van der Waals surface area (Å²) in [6, 6.07) is 4.50. The highest BCUT2D eigenvalue weighted by molar-refractivity contribution is 7.10. The minimum absolute atomic E-state index is 0.00302. The molecule has 166 valence electrons. The molecule has 1 saturated carbocycles. The second-order valence-corrected chi connectivity index (χ2v) is 10.3. The summed E-state index contributed by atoms with van der Waals surface area (Å²) in [7, 11) is 0. The molecule has 31 heavy (non-hydrogen) atoms. The summed E-state index contributed by atoms with van der Waals surface area (Å²) in [6.45, 7) is 2.44. The predicted molar refractivity (Wildman–Crippen MR) is 122 cm³/mol. The normalized spacial score (nSPS) is 23.0. The Kier molecular flexibility index (Phi) is 6.23. The molecule has 2 aromatic heterocycles. The fraction of sp³-hybridized carbons (Fsp3) is 0.625. The number of aromatic amines is 1. The number of hydrogen-bond donors (Lipinski definition) is 1. The van der Waals surface area contributed by atoms with Gasteiger partial charge in [-0.1, -0.05) is 25.3 Å². The molecule has 4 heterocycles. The van der Waals surface area contributed by atoms with E-state index in [0.29, 0.717) is 24.8 Å². The van der Waals surface area contributed by atoms with Crippen LogP contribution in [0.1, 0.15) is 79.4 Å². The van der Waals surface area contributed by atoms with Crippen molar-refractivity contribution in [3.63, 3.8) is 0 Å². The number of likely N-dealkylation sites (tertiary alicyclic amines) is 1. The van der Waals surface area contributed by atoms with Crippen LogP contribution in [0.2, 0.25) is 0 Å². The zero-order valence-electron chi connectivity index (χ0n) is 18.1. The van der Waals surface area contributed by atoms with Crippen LogP contribution in [0.15, 0.2) is 22.3 Å². The molecule has 0 unspecified atom stereocenters. The first-order chi connectivity index (χ1) is 15.2. The Bertz CT molecular complexity index is 964. The molecular formula is C24H32N4O2S. The molecule has 0 spiro atoms. The SMILES string of the molecule is O=C(Cc1cccs1)N1CCCC[C@@H]1c1nc2c(c(=O)[nH]1)CN(C1CCCCC1)CC2. The smallest absolute Gasteiger partial charge is 0.255 e. The van der Waals surface area contributed by atoms with Crippen molar-refractivity contribution in [2.75, 3.05) is 13.1 Å². The van der Waals surface area contributed by atoms with Gasteiger partial charge in [0.1, 0.15) is 5.82 Å². The summed E-state index contributed by atoms with van der Waals surface area (Å²) >= 11 is 1.62. The molecule has 0 aromatic carbocycles. The average Bonchev–Trinajstić information content (AvgIpc) is 3.32. The Labute approximate surface area is 187 Å². The van der Waals surface area contributed by atoms with Crippen LogP contribution < -0.4 is 5.56 Å². The van der Waals surface area contributed by atoms with E-state index in [9.17, 15) is 9.59 Å². The minimum Gasteiger partial charge on any atom is -0.332 e. The Morgan fingerprint density at radius 2 is 1.97 bits per heavy atom. The quantitative estimate of drug-likeness (QED) is 0.785. The molecule has 2 aromatic rings. The number of amides is 1. The zero-order chi connectivity index (χ0) is 21.2. The topological polar surface area (TPSA) is 69.3 Å². The van der Waals surface area contributed by atoms with Gasteiger partial charge in [0, 0.05) is 37.0 Å². The molecule has 1 atom stereocenters. The maximum absolute atomic E-state index is 13.1. The van der Waals surface area contributed by atoms with Gasteiger partial charge in [-0.2, -0.15) is 0 Å². The Balaban J connectivity index is 1.35. The predicted octanol–water partition coefficient (Wildman–Crippen LogP) is 3.82. The van der Waals surface area contributed by atoms with E-state index in [1.54, 1.807) is 11.3 Å². The molecule has 3 aliphatic rings. The monoisotopic (exact) mass is 440 g/mol. The van der Waals surface area contributed by atoms with Gasteiger partial charge in [0.05, 0.1) is 23.7 Å². The number of aromatic nitrogens is 2. The van der Waals surface area contributed by atoms with Crippen LogP contribution in [-0.4, -0.2) is 44.8 Å². The first kappa shape index (κ1) is 20.9. The lowest BCUT2D eigenvalue weighted by Gasteiger charge is -2.38. The highest BCUT2D eigenvalue weighted by Crippen LogP contribution is 2.31. The lowest BCUT2D eigenvalue weighted by molar-refractivity contribution is -0.134. The summed E-state index contributed by atoms with van der Waals surface area (Å²) in [5.74, 6) is 0.824. The number of nitrogens with zero attached hydrogens (tertiary/aromatic N) is 3. The molecule has 0 bridgehead atoms. The minimum atomic E-state index is -0.115. The number of thiophene rings is 1. The number of hydrogen-bond acceptors (Lipinski definition) is 5. The average molecular weight is 441 g/mol. The number of carbonyl (C=O) groups excluding carboxylic acids is 1. The van der Waals surface area contributed by atoms with Gasteiger partial charge < -0.3 is 9.88 Å². The molecule has 2 fully saturated rings. The third-order valence-corrected chi connectivity index (χ3v) is 8.13. The van der Waals surface area contributed by atoms with Crippen molar-refractivity contribution in [2.24, 2.45) is 0 Å². The second-order valence-electron chi connectivity index (χ2n) is 9.24. The van der Waals surface area contributed by atoms with Gasteiger partial charge in [-0.05, 0) is 43.6 Å². The fourth-order valence-electron chi connectivity index (χ4n) is 5.56. The van der Waals surface area contributed by atoms with E-state index in [4.69, 9.17) is 4.98 Å². The van der Waals surface area contributed by atoms with Crippen LogP contribution in [-0.2, 0) is 24.2 Å². The zero-order valence-corrected chi connectivity index (χ0v) is 19.0. The Morgan fingerprint density at radius 1 is 1.13 bits per heavy atom. The van der Waals surface area contributed by atoms with Crippen molar-refractivity contribution in [3.05, 3.63) is 49.8 Å². The third-order valence-electron chi connectivity index (χ3n) is 7.25. The van der Waals surface area contributed by atoms with E-state index >= 15 is 0 Å². The number of H-pyrrole nitrogens is 1. The van der Waals surface area contributed by atoms with Gasteiger partial charge in [0.25, 0.3) is 5.56 Å². The molecule has 1 N–H and O–H groups in total.